The molecule has 4 nitrogen and oxygen atoms in total. The molecule has 1 aliphatic carbocycles. The zero-order valence-electron chi connectivity index (χ0n) is 19.2. The Morgan fingerprint density at radius 1 is 0.935 bits per heavy atom. The third-order valence-corrected chi connectivity index (χ3v) is 6.31. The fourth-order valence-corrected chi connectivity index (χ4v) is 4.33. The summed E-state index contributed by atoms with van der Waals surface area (Å²) in [7, 11) is 0. The summed E-state index contributed by atoms with van der Waals surface area (Å²) in [5, 5.41) is 3.21. The van der Waals surface area contributed by atoms with E-state index in [1.54, 1.807) is 4.90 Å². The minimum Gasteiger partial charge on any atom is -0.352 e. The fourth-order valence-electron chi connectivity index (χ4n) is 4.33. The van der Waals surface area contributed by atoms with E-state index in [1.807, 2.05) is 6.92 Å². The van der Waals surface area contributed by atoms with Gasteiger partial charge in [-0.15, -0.1) is 0 Å². The average molecular weight is 421 g/mol. The summed E-state index contributed by atoms with van der Waals surface area (Å²) in [6, 6.07) is 16.4. The molecule has 1 N–H and O–H groups in total. The Bertz CT molecular complexity index is 852. The maximum atomic E-state index is 13.3. The van der Waals surface area contributed by atoms with Gasteiger partial charge in [0.2, 0.25) is 11.8 Å². The average Bonchev–Trinajstić information content (AvgIpc) is 3.27. The van der Waals surface area contributed by atoms with Crippen LogP contribution in [0.5, 0.6) is 0 Å². The molecule has 0 saturated heterocycles. The summed E-state index contributed by atoms with van der Waals surface area (Å²) in [6.07, 6.45) is 6.13. The summed E-state index contributed by atoms with van der Waals surface area (Å²) in [5.41, 5.74) is 4.61. The third kappa shape index (κ3) is 6.68. The van der Waals surface area contributed by atoms with Crippen LogP contribution in [0.25, 0.3) is 0 Å². The van der Waals surface area contributed by atoms with E-state index in [9.17, 15) is 9.59 Å². The van der Waals surface area contributed by atoms with Gasteiger partial charge in [0.15, 0.2) is 0 Å². The Hall–Kier alpha value is -2.62. The zero-order valence-corrected chi connectivity index (χ0v) is 19.2. The predicted molar refractivity (Wildman–Crippen MR) is 126 cm³/mol. The van der Waals surface area contributed by atoms with Crippen molar-refractivity contribution in [3.8, 4) is 0 Å². The van der Waals surface area contributed by atoms with Crippen LogP contribution in [0.1, 0.15) is 67.7 Å². The lowest BCUT2D eigenvalue weighted by atomic mass is 10.0. The van der Waals surface area contributed by atoms with E-state index in [1.165, 1.54) is 24.0 Å². The Kier molecular flexibility index (Phi) is 8.27. The van der Waals surface area contributed by atoms with Gasteiger partial charge in [0.25, 0.3) is 0 Å². The number of amides is 2. The second kappa shape index (κ2) is 11.1. The van der Waals surface area contributed by atoms with Crippen LogP contribution in [0.2, 0.25) is 0 Å². The molecule has 0 heterocycles. The number of aryl methyl sites for hydroxylation is 3. The van der Waals surface area contributed by atoms with Crippen molar-refractivity contribution in [2.75, 3.05) is 0 Å². The molecule has 2 amide bonds. The predicted octanol–water partition coefficient (Wildman–Crippen LogP) is 5.10. The van der Waals surface area contributed by atoms with Gasteiger partial charge in [-0.3, -0.25) is 9.59 Å². The van der Waals surface area contributed by atoms with Crippen LogP contribution in [0, 0.1) is 13.8 Å². The number of carbonyl (C=O) groups excluding carboxylic acids is 2. The molecule has 166 valence electrons. The Morgan fingerprint density at radius 2 is 1.48 bits per heavy atom. The second-order valence-electron chi connectivity index (χ2n) is 8.91. The van der Waals surface area contributed by atoms with E-state index in [-0.39, 0.29) is 17.9 Å². The molecule has 31 heavy (non-hydrogen) atoms. The van der Waals surface area contributed by atoms with E-state index in [0.29, 0.717) is 25.8 Å². The number of hydrogen-bond donors (Lipinski definition) is 1. The molecule has 0 bridgehead atoms. The quantitative estimate of drug-likeness (QED) is 0.613. The molecule has 2 aromatic carbocycles. The molecular weight excluding hydrogens is 384 g/mol. The van der Waals surface area contributed by atoms with Crippen molar-refractivity contribution >= 4 is 11.8 Å². The smallest absolute Gasteiger partial charge is 0.243 e. The van der Waals surface area contributed by atoms with E-state index >= 15 is 0 Å². The van der Waals surface area contributed by atoms with Gasteiger partial charge in [-0.1, -0.05) is 79.4 Å². The lowest BCUT2D eigenvalue weighted by molar-refractivity contribution is -0.141. The number of hydrogen-bond acceptors (Lipinski definition) is 2. The third-order valence-electron chi connectivity index (χ3n) is 6.31. The molecule has 4 heteroatoms. The lowest BCUT2D eigenvalue weighted by Crippen LogP contribution is -2.51. The van der Waals surface area contributed by atoms with Crippen LogP contribution < -0.4 is 5.32 Å². The summed E-state index contributed by atoms with van der Waals surface area (Å²) in [4.78, 5) is 28.3. The molecule has 0 radical (unpaired) electrons. The standard InChI is InChI=1S/C27H36N2O2/c1-4-25(27(31)28-24-7-5-6-8-24)29(19-23-15-11-21(3)12-16-23)26(30)18-17-22-13-9-20(2)10-14-22/h9-16,24-25H,4-8,17-19H2,1-3H3,(H,28,31). The van der Waals surface area contributed by atoms with Gasteiger partial charge >= 0.3 is 0 Å². The van der Waals surface area contributed by atoms with E-state index in [4.69, 9.17) is 0 Å². The first-order valence-electron chi connectivity index (χ1n) is 11.7. The Balaban J connectivity index is 1.74. The number of benzene rings is 2. The summed E-state index contributed by atoms with van der Waals surface area (Å²) in [6.45, 7) is 6.57. The van der Waals surface area contributed by atoms with Crippen molar-refractivity contribution in [2.24, 2.45) is 0 Å². The van der Waals surface area contributed by atoms with Crippen molar-refractivity contribution in [3.63, 3.8) is 0 Å². The van der Waals surface area contributed by atoms with Crippen LogP contribution in [0.4, 0.5) is 0 Å². The van der Waals surface area contributed by atoms with Gasteiger partial charge in [-0.05, 0) is 50.7 Å². The first-order valence-corrected chi connectivity index (χ1v) is 11.7. The van der Waals surface area contributed by atoms with Gasteiger partial charge in [0.05, 0.1) is 0 Å². The fraction of sp³-hybridized carbons (Fsp3) is 0.481. The van der Waals surface area contributed by atoms with Gasteiger partial charge in [-0.25, -0.2) is 0 Å². The summed E-state index contributed by atoms with van der Waals surface area (Å²) in [5.74, 6) is 0.0276. The van der Waals surface area contributed by atoms with Gasteiger partial charge in [-0.2, -0.15) is 0 Å². The van der Waals surface area contributed by atoms with Crippen LogP contribution in [-0.4, -0.2) is 28.8 Å². The highest BCUT2D eigenvalue weighted by Crippen LogP contribution is 2.20. The van der Waals surface area contributed by atoms with Gasteiger partial charge in [0, 0.05) is 19.0 Å². The van der Waals surface area contributed by atoms with Crippen molar-refractivity contribution in [1.29, 1.82) is 0 Å². The first kappa shape index (κ1) is 23.1. The number of rotatable bonds is 9. The maximum absolute atomic E-state index is 13.3. The van der Waals surface area contributed by atoms with E-state index in [2.05, 4.69) is 67.7 Å². The topological polar surface area (TPSA) is 49.4 Å². The van der Waals surface area contributed by atoms with E-state index < -0.39 is 6.04 Å². The Labute approximate surface area is 187 Å². The molecule has 1 atom stereocenters. The summed E-state index contributed by atoms with van der Waals surface area (Å²) >= 11 is 0. The lowest BCUT2D eigenvalue weighted by Gasteiger charge is -2.31. The highest BCUT2D eigenvalue weighted by molar-refractivity contribution is 5.88. The highest BCUT2D eigenvalue weighted by atomic mass is 16.2. The van der Waals surface area contributed by atoms with Gasteiger partial charge in [0.1, 0.15) is 6.04 Å². The van der Waals surface area contributed by atoms with Crippen LogP contribution in [0.3, 0.4) is 0 Å². The monoisotopic (exact) mass is 420 g/mol. The van der Waals surface area contributed by atoms with Crippen molar-refractivity contribution < 1.29 is 9.59 Å². The molecular formula is C27H36N2O2. The number of nitrogens with zero attached hydrogens (tertiary/aromatic N) is 1. The number of carbonyl (C=O) groups is 2. The van der Waals surface area contributed by atoms with Crippen molar-refractivity contribution in [1.82, 2.24) is 10.2 Å². The maximum Gasteiger partial charge on any atom is 0.243 e. The van der Waals surface area contributed by atoms with Crippen LogP contribution in [-0.2, 0) is 22.6 Å². The molecule has 0 aliphatic heterocycles. The molecule has 2 aromatic rings. The normalized spacial score (nSPS) is 14.9. The number of nitrogens with one attached hydrogen (secondary N) is 1. The zero-order chi connectivity index (χ0) is 22.2. The molecule has 1 aliphatic rings. The largest absolute Gasteiger partial charge is 0.352 e. The van der Waals surface area contributed by atoms with Crippen LogP contribution in [0.15, 0.2) is 48.5 Å². The molecule has 0 spiro atoms. The van der Waals surface area contributed by atoms with Gasteiger partial charge < -0.3 is 10.2 Å². The molecule has 1 fully saturated rings. The molecule has 1 unspecified atom stereocenters. The minimum absolute atomic E-state index is 0.00908. The highest BCUT2D eigenvalue weighted by Gasteiger charge is 2.30. The SMILES string of the molecule is CCC(C(=O)NC1CCCC1)N(Cc1ccc(C)cc1)C(=O)CCc1ccc(C)cc1. The summed E-state index contributed by atoms with van der Waals surface area (Å²) < 4.78 is 0. The van der Waals surface area contributed by atoms with Crippen LogP contribution >= 0.6 is 0 Å². The molecule has 3 rings (SSSR count). The van der Waals surface area contributed by atoms with Crippen molar-refractivity contribution in [2.45, 2.75) is 84.3 Å². The minimum atomic E-state index is -0.438. The Morgan fingerprint density at radius 3 is 2.03 bits per heavy atom. The molecule has 1 saturated carbocycles. The first-order chi connectivity index (χ1) is 15.0. The molecule has 0 aromatic heterocycles. The second-order valence-corrected chi connectivity index (χ2v) is 8.91. The van der Waals surface area contributed by atoms with Crippen molar-refractivity contribution in [3.05, 3.63) is 70.8 Å². The van der Waals surface area contributed by atoms with E-state index in [0.717, 1.165) is 24.0 Å².